The van der Waals surface area contributed by atoms with Crippen molar-refractivity contribution in [2.24, 2.45) is 0 Å². The van der Waals surface area contributed by atoms with E-state index in [-0.39, 0.29) is 30.7 Å². The zero-order valence-corrected chi connectivity index (χ0v) is 19.9. The van der Waals surface area contributed by atoms with Crippen LogP contribution in [0.4, 0.5) is 36.8 Å². The molecular formula is C23H30F6N2O3. The second kappa shape index (κ2) is 9.31. The highest BCUT2D eigenvalue weighted by atomic mass is 19.4. The lowest BCUT2D eigenvalue weighted by Gasteiger charge is -2.46. The van der Waals surface area contributed by atoms with E-state index in [0.717, 1.165) is 6.07 Å². The first-order valence-electron chi connectivity index (χ1n) is 10.7. The average molecular weight is 496 g/mol. The van der Waals surface area contributed by atoms with Crippen LogP contribution in [0, 0.1) is 0 Å². The molecule has 11 heteroatoms. The van der Waals surface area contributed by atoms with Crippen molar-refractivity contribution in [2.75, 3.05) is 18.0 Å². The van der Waals surface area contributed by atoms with E-state index in [1.165, 1.54) is 12.2 Å². The lowest BCUT2D eigenvalue weighted by atomic mass is 9.89. The fraction of sp³-hybridized carbons (Fsp3) is 0.609. The van der Waals surface area contributed by atoms with Gasteiger partial charge in [-0.3, -0.25) is 0 Å². The van der Waals surface area contributed by atoms with E-state index in [0.29, 0.717) is 17.8 Å². The van der Waals surface area contributed by atoms with Crippen molar-refractivity contribution in [3.8, 4) is 0 Å². The number of ether oxygens (including phenoxy) is 1. The highest BCUT2D eigenvalue weighted by Crippen LogP contribution is 2.50. The molecule has 0 aromatic heterocycles. The Balaban J connectivity index is 2.47. The number of allylic oxidation sites excluding steroid dienone is 1. The number of halogens is 6. The number of anilines is 1. The number of benzene rings is 1. The van der Waals surface area contributed by atoms with Crippen molar-refractivity contribution in [2.45, 2.75) is 77.2 Å². The van der Waals surface area contributed by atoms with Crippen molar-refractivity contribution in [1.82, 2.24) is 4.90 Å². The Hall–Kier alpha value is -2.43. The summed E-state index contributed by atoms with van der Waals surface area (Å²) in [5.41, 5.74) is -6.56. The first kappa shape index (κ1) is 27.8. The van der Waals surface area contributed by atoms with E-state index in [4.69, 9.17) is 4.74 Å². The molecule has 5 nitrogen and oxygen atoms in total. The van der Waals surface area contributed by atoms with Crippen LogP contribution < -0.4 is 4.90 Å². The molecule has 1 heterocycles. The molecule has 34 heavy (non-hydrogen) atoms. The molecule has 1 aromatic carbocycles. The highest BCUT2D eigenvalue weighted by Gasteiger charge is 2.71. The molecule has 2 atom stereocenters. The van der Waals surface area contributed by atoms with E-state index in [2.05, 4.69) is 0 Å². The number of hydrogen-bond donors (Lipinski definition) is 1. The Morgan fingerprint density at radius 3 is 2.06 bits per heavy atom. The van der Waals surface area contributed by atoms with Gasteiger partial charge in [-0.25, -0.2) is 4.79 Å². The van der Waals surface area contributed by atoms with E-state index >= 15 is 0 Å². The van der Waals surface area contributed by atoms with Crippen LogP contribution >= 0.6 is 0 Å². The summed E-state index contributed by atoms with van der Waals surface area (Å²) in [5.74, 6) is 0. The van der Waals surface area contributed by atoms with Gasteiger partial charge in [0.15, 0.2) is 0 Å². The van der Waals surface area contributed by atoms with Gasteiger partial charge in [0.25, 0.3) is 5.60 Å². The van der Waals surface area contributed by atoms with Crippen molar-refractivity contribution in [3.63, 3.8) is 0 Å². The molecule has 0 aliphatic carbocycles. The maximum absolute atomic E-state index is 13.4. The Morgan fingerprint density at radius 1 is 1.03 bits per heavy atom. The number of nitrogens with zero attached hydrogens (tertiary/aromatic N) is 2. The Labute approximate surface area is 195 Å². The second-order valence-corrected chi connectivity index (χ2v) is 9.46. The molecule has 1 N–H and O–H groups in total. The predicted octanol–water partition coefficient (Wildman–Crippen LogP) is 5.87. The lowest BCUT2D eigenvalue weighted by Crippen LogP contribution is -2.59. The number of piperazine rings is 1. The van der Waals surface area contributed by atoms with Gasteiger partial charge in [-0.15, -0.1) is 0 Å². The minimum Gasteiger partial charge on any atom is -0.444 e. The molecule has 1 amide bonds. The second-order valence-electron chi connectivity index (χ2n) is 9.46. The summed E-state index contributed by atoms with van der Waals surface area (Å²) >= 11 is 0. The van der Waals surface area contributed by atoms with E-state index in [9.17, 15) is 36.2 Å². The van der Waals surface area contributed by atoms with Gasteiger partial charge in [-0.2, -0.15) is 26.3 Å². The highest BCUT2D eigenvalue weighted by molar-refractivity contribution is 5.72. The van der Waals surface area contributed by atoms with Crippen LogP contribution in [0.1, 0.15) is 52.7 Å². The Bertz CT molecular complexity index is 907. The summed E-state index contributed by atoms with van der Waals surface area (Å²) in [5, 5.41) is 9.79. The first-order chi connectivity index (χ1) is 15.3. The van der Waals surface area contributed by atoms with Crippen molar-refractivity contribution < 1.29 is 41.0 Å². The summed E-state index contributed by atoms with van der Waals surface area (Å²) in [6.07, 6.45) is -9.59. The number of amides is 1. The van der Waals surface area contributed by atoms with Crippen LogP contribution in [0.2, 0.25) is 0 Å². The molecule has 2 rings (SSSR count). The quantitative estimate of drug-likeness (QED) is 0.532. The normalized spacial score (nSPS) is 20.7. The molecule has 1 aliphatic heterocycles. The van der Waals surface area contributed by atoms with E-state index < -0.39 is 35.2 Å². The Morgan fingerprint density at radius 2 is 1.59 bits per heavy atom. The van der Waals surface area contributed by atoms with Gasteiger partial charge in [-0.05, 0) is 59.2 Å². The van der Waals surface area contributed by atoms with Crippen molar-refractivity contribution in [1.29, 1.82) is 0 Å². The number of rotatable bonds is 3. The van der Waals surface area contributed by atoms with Crippen LogP contribution in [0.5, 0.6) is 0 Å². The summed E-state index contributed by atoms with van der Waals surface area (Å²) in [6, 6.07) is 1.82. The van der Waals surface area contributed by atoms with Crippen LogP contribution in [0.25, 0.3) is 6.08 Å². The van der Waals surface area contributed by atoms with Crippen molar-refractivity contribution >= 4 is 17.9 Å². The van der Waals surface area contributed by atoms with Gasteiger partial charge < -0.3 is 19.6 Å². The fourth-order valence-corrected chi connectivity index (χ4v) is 3.88. The van der Waals surface area contributed by atoms with Gasteiger partial charge in [0.1, 0.15) is 5.60 Å². The molecule has 0 radical (unpaired) electrons. The zero-order valence-electron chi connectivity index (χ0n) is 19.9. The minimum absolute atomic E-state index is 0.0803. The zero-order chi connectivity index (χ0) is 26.3. The van der Waals surface area contributed by atoms with E-state index in [1.54, 1.807) is 46.4 Å². The first-order valence-corrected chi connectivity index (χ1v) is 10.7. The average Bonchev–Trinajstić information content (AvgIpc) is 2.66. The van der Waals surface area contributed by atoms with Crippen LogP contribution in [0.15, 0.2) is 24.3 Å². The molecule has 1 aliphatic rings. The fourth-order valence-electron chi connectivity index (χ4n) is 3.88. The third kappa shape index (κ3) is 5.45. The maximum atomic E-state index is 13.4. The number of carbonyl (C=O) groups is 1. The molecule has 0 saturated carbocycles. The van der Waals surface area contributed by atoms with Crippen LogP contribution in [-0.4, -0.2) is 59.2 Å². The third-order valence-electron chi connectivity index (χ3n) is 5.54. The molecule has 1 fully saturated rings. The summed E-state index contributed by atoms with van der Waals surface area (Å²) in [4.78, 5) is 15.9. The molecular weight excluding hydrogens is 466 g/mol. The standard InChI is InChI=1S/C23H30F6N2O3/c1-7-8-16-11-17(21(33,22(24,25)26)23(27,28)29)9-10-18(16)30-12-15(3)31(13-14(30)2)19(32)34-20(4,5)6/h7-11,14-15,33H,12-13H2,1-6H3/t14-,15+/m0/s1. The Kier molecular flexibility index (Phi) is 7.62. The van der Waals surface area contributed by atoms with Gasteiger partial charge in [-0.1, -0.05) is 18.2 Å². The summed E-state index contributed by atoms with van der Waals surface area (Å²) in [7, 11) is 0. The SMILES string of the molecule is CC=Cc1cc(C(O)(C(F)(F)F)C(F)(F)F)ccc1N1C[C@@H](C)N(C(=O)OC(C)(C)C)C[C@@H]1C. The topological polar surface area (TPSA) is 53.0 Å². The van der Waals surface area contributed by atoms with Gasteiger partial charge >= 0.3 is 18.4 Å². The van der Waals surface area contributed by atoms with Gasteiger partial charge in [0.2, 0.25) is 0 Å². The lowest BCUT2D eigenvalue weighted by molar-refractivity contribution is -0.376. The number of alkyl halides is 6. The number of carbonyl (C=O) groups excluding carboxylic acids is 1. The minimum atomic E-state index is -5.97. The van der Waals surface area contributed by atoms with Crippen LogP contribution in [-0.2, 0) is 10.3 Å². The largest absolute Gasteiger partial charge is 0.444 e. The predicted molar refractivity (Wildman–Crippen MR) is 116 cm³/mol. The van der Waals surface area contributed by atoms with Crippen molar-refractivity contribution in [3.05, 3.63) is 35.4 Å². The molecule has 0 unspecified atom stereocenters. The molecule has 0 bridgehead atoms. The molecule has 1 aromatic rings. The smallest absolute Gasteiger partial charge is 0.430 e. The summed E-state index contributed by atoms with van der Waals surface area (Å²) < 4.78 is 85.6. The molecule has 192 valence electrons. The number of hydrogen-bond acceptors (Lipinski definition) is 4. The molecule has 0 spiro atoms. The van der Waals surface area contributed by atoms with Gasteiger partial charge in [0, 0.05) is 36.4 Å². The molecule has 1 saturated heterocycles. The van der Waals surface area contributed by atoms with E-state index in [1.807, 2.05) is 4.90 Å². The maximum Gasteiger partial charge on any atom is 0.430 e. The van der Waals surface area contributed by atoms with Gasteiger partial charge in [0.05, 0.1) is 0 Å². The van der Waals surface area contributed by atoms with Crippen LogP contribution in [0.3, 0.4) is 0 Å². The third-order valence-corrected chi connectivity index (χ3v) is 5.54. The monoisotopic (exact) mass is 496 g/mol. The summed E-state index contributed by atoms with van der Waals surface area (Å²) in [6.45, 7) is 10.9. The number of aliphatic hydroxyl groups is 1.